The molecule has 0 atom stereocenters. The van der Waals surface area contributed by atoms with Crippen molar-refractivity contribution in [3.63, 3.8) is 0 Å². The second-order valence-electron chi connectivity index (χ2n) is 4.28. The normalized spacial score (nSPS) is 10.2. The number of pyridine rings is 1. The lowest BCUT2D eigenvalue weighted by molar-refractivity contribution is -0.119. The van der Waals surface area contributed by atoms with E-state index in [1.807, 2.05) is 0 Å². The van der Waals surface area contributed by atoms with Crippen molar-refractivity contribution in [3.05, 3.63) is 35.8 Å². The lowest BCUT2D eigenvalue weighted by atomic mass is 10.1. The van der Waals surface area contributed by atoms with E-state index in [1.165, 1.54) is 7.05 Å². The highest BCUT2D eigenvalue weighted by Crippen LogP contribution is 2.22. The number of likely N-dealkylation sites (N-methyl/N-ethyl adjacent to an activating group) is 1. The molecule has 110 valence electrons. The first-order chi connectivity index (χ1) is 10.1. The summed E-state index contributed by atoms with van der Waals surface area (Å²) in [6.07, 6.45) is 3.27. The van der Waals surface area contributed by atoms with Crippen LogP contribution in [0.1, 0.15) is 16.1 Å². The number of nitrogens with zero attached hydrogens (tertiary/aromatic N) is 2. The monoisotopic (exact) mass is 288 g/mol. The van der Waals surface area contributed by atoms with Gasteiger partial charge in [0.25, 0.3) is 5.91 Å². The van der Waals surface area contributed by atoms with Crippen molar-refractivity contribution in [1.29, 1.82) is 0 Å². The van der Waals surface area contributed by atoms with Crippen LogP contribution in [0.25, 0.3) is 11.3 Å². The van der Waals surface area contributed by atoms with Crippen LogP contribution in [0.5, 0.6) is 0 Å². The molecule has 8 nitrogen and oxygen atoms in total. The third kappa shape index (κ3) is 3.42. The molecular weight excluding hydrogens is 272 g/mol. The molecule has 2 heterocycles. The zero-order chi connectivity index (χ0) is 15.2. The molecule has 0 bridgehead atoms. The number of amides is 2. The van der Waals surface area contributed by atoms with Gasteiger partial charge in [0.05, 0.1) is 23.5 Å². The molecule has 0 unspecified atom stereocenters. The van der Waals surface area contributed by atoms with Crippen molar-refractivity contribution in [2.75, 3.05) is 13.6 Å². The minimum atomic E-state index is -0.364. The van der Waals surface area contributed by atoms with E-state index in [2.05, 4.69) is 31.3 Å². The number of H-pyrrole nitrogens is 1. The number of nitrogens with one attached hydrogen (secondary N) is 4. The standard InChI is InChI=1S/C13H16N6O2/c1-8-11(13(21)19-16-7-10(20)14-2)12(18-17-8)9-3-5-15-6-4-9/h3-6,16H,7H2,1-2H3,(H,14,20)(H,17,18)(H,19,21). The molecule has 2 rings (SSSR count). The number of carbonyl (C=O) groups excluding carboxylic acids is 2. The topological polar surface area (TPSA) is 112 Å². The molecule has 0 saturated carbocycles. The molecule has 2 aromatic rings. The molecule has 4 N–H and O–H groups in total. The summed E-state index contributed by atoms with van der Waals surface area (Å²) in [5, 5.41) is 9.34. The highest BCUT2D eigenvalue weighted by Gasteiger charge is 2.18. The van der Waals surface area contributed by atoms with Gasteiger partial charge in [-0.2, -0.15) is 5.10 Å². The highest BCUT2D eigenvalue weighted by molar-refractivity contribution is 6.00. The quantitative estimate of drug-likeness (QED) is 0.567. The molecule has 8 heteroatoms. The van der Waals surface area contributed by atoms with Crippen LogP contribution in [-0.2, 0) is 4.79 Å². The zero-order valence-electron chi connectivity index (χ0n) is 11.7. The average molecular weight is 288 g/mol. The molecule has 0 aliphatic carbocycles. The van der Waals surface area contributed by atoms with Gasteiger partial charge in [0.15, 0.2) is 0 Å². The minimum Gasteiger partial charge on any atom is -0.358 e. The summed E-state index contributed by atoms with van der Waals surface area (Å²) >= 11 is 0. The summed E-state index contributed by atoms with van der Waals surface area (Å²) in [7, 11) is 1.52. The first-order valence-corrected chi connectivity index (χ1v) is 6.32. The van der Waals surface area contributed by atoms with E-state index < -0.39 is 0 Å². The Labute approximate surface area is 121 Å². The Morgan fingerprint density at radius 3 is 2.67 bits per heavy atom. The third-order valence-corrected chi connectivity index (χ3v) is 2.87. The zero-order valence-corrected chi connectivity index (χ0v) is 11.7. The van der Waals surface area contributed by atoms with Crippen LogP contribution < -0.4 is 16.2 Å². The maximum atomic E-state index is 12.2. The maximum absolute atomic E-state index is 12.2. The van der Waals surface area contributed by atoms with Gasteiger partial charge in [0.2, 0.25) is 5.91 Å². The van der Waals surface area contributed by atoms with Crippen molar-refractivity contribution < 1.29 is 9.59 Å². The van der Waals surface area contributed by atoms with Crippen LogP contribution in [-0.4, -0.2) is 40.6 Å². The second-order valence-corrected chi connectivity index (χ2v) is 4.28. The Bertz CT molecular complexity index is 637. The molecule has 0 radical (unpaired) electrons. The molecule has 0 fully saturated rings. The van der Waals surface area contributed by atoms with Crippen molar-refractivity contribution in [2.45, 2.75) is 6.92 Å². The van der Waals surface area contributed by atoms with Gasteiger partial charge >= 0.3 is 0 Å². The van der Waals surface area contributed by atoms with Crippen LogP contribution >= 0.6 is 0 Å². The van der Waals surface area contributed by atoms with Crippen LogP contribution in [0.4, 0.5) is 0 Å². The van der Waals surface area contributed by atoms with E-state index in [0.29, 0.717) is 17.0 Å². The number of hydrazine groups is 1. The van der Waals surface area contributed by atoms with E-state index in [9.17, 15) is 9.59 Å². The van der Waals surface area contributed by atoms with Crippen molar-refractivity contribution in [1.82, 2.24) is 31.3 Å². The van der Waals surface area contributed by atoms with Crippen LogP contribution in [0.2, 0.25) is 0 Å². The fourth-order valence-corrected chi connectivity index (χ4v) is 1.79. The Balaban J connectivity index is 2.14. The van der Waals surface area contributed by atoms with E-state index in [-0.39, 0.29) is 18.4 Å². The summed E-state index contributed by atoms with van der Waals surface area (Å²) in [5.74, 6) is -0.592. The fraction of sp³-hybridized carbons (Fsp3) is 0.231. The Morgan fingerprint density at radius 1 is 1.29 bits per heavy atom. The molecule has 0 aliphatic rings. The van der Waals surface area contributed by atoms with E-state index in [1.54, 1.807) is 31.5 Å². The summed E-state index contributed by atoms with van der Waals surface area (Å²) in [5.41, 5.74) is 7.45. The Hall–Kier alpha value is -2.74. The summed E-state index contributed by atoms with van der Waals surface area (Å²) in [4.78, 5) is 27.2. The lowest BCUT2D eigenvalue weighted by Crippen LogP contribution is -2.43. The first-order valence-electron chi connectivity index (χ1n) is 6.32. The van der Waals surface area contributed by atoms with Gasteiger partial charge in [-0.25, -0.2) is 5.43 Å². The number of aryl methyl sites for hydroxylation is 1. The Morgan fingerprint density at radius 2 is 2.00 bits per heavy atom. The first kappa shape index (κ1) is 14.7. The summed E-state index contributed by atoms with van der Waals surface area (Å²) in [6.45, 7) is 1.72. The predicted octanol–water partition coefficient (Wildman–Crippen LogP) is -0.239. The number of rotatable bonds is 5. The summed E-state index contributed by atoms with van der Waals surface area (Å²) < 4.78 is 0. The van der Waals surface area contributed by atoms with Gasteiger partial charge in [-0.05, 0) is 19.1 Å². The molecule has 0 aromatic carbocycles. The number of carbonyl (C=O) groups is 2. The molecule has 0 aliphatic heterocycles. The molecule has 0 saturated heterocycles. The van der Waals surface area contributed by atoms with Crippen molar-refractivity contribution >= 4 is 11.8 Å². The third-order valence-electron chi connectivity index (χ3n) is 2.87. The van der Waals surface area contributed by atoms with Gasteiger partial charge in [0, 0.05) is 25.0 Å². The molecule has 21 heavy (non-hydrogen) atoms. The van der Waals surface area contributed by atoms with E-state index in [4.69, 9.17) is 0 Å². The molecule has 2 amide bonds. The predicted molar refractivity (Wildman–Crippen MR) is 76.1 cm³/mol. The fourth-order valence-electron chi connectivity index (χ4n) is 1.79. The molecule has 2 aromatic heterocycles. The van der Waals surface area contributed by atoms with E-state index in [0.717, 1.165) is 5.56 Å². The van der Waals surface area contributed by atoms with Crippen LogP contribution in [0.15, 0.2) is 24.5 Å². The highest BCUT2D eigenvalue weighted by atomic mass is 16.2. The van der Waals surface area contributed by atoms with Crippen LogP contribution in [0.3, 0.4) is 0 Å². The van der Waals surface area contributed by atoms with Gasteiger partial charge in [-0.15, -0.1) is 0 Å². The van der Waals surface area contributed by atoms with Gasteiger partial charge < -0.3 is 5.32 Å². The number of hydrogen-bond acceptors (Lipinski definition) is 5. The number of aromatic nitrogens is 3. The minimum absolute atomic E-state index is 0.0102. The SMILES string of the molecule is CNC(=O)CNNC(=O)c1c(C)n[nH]c1-c1ccncc1. The second kappa shape index (κ2) is 6.62. The van der Waals surface area contributed by atoms with Gasteiger partial charge in [0.1, 0.15) is 0 Å². The smallest absolute Gasteiger partial charge is 0.269 e. The van der Waals surface area contributed by atoms with Gasteiger partial charge in [-0.1, -0.05) is 0 Å². The largest absolute Gasteiger partial charge is 0.358 e. The average Bonchev–Trinajstić information content (AvgIpc) is 2.89. The van der Waals surface area contributed by atoms with Crippen molar-refractivity contribution in [3.8, 4) is 11.3 Å². The lowest BCUT2D eigenvalue weighted by Gasteiger charge is -2.07. The van der Waals surface area contributed by atoms with E-state index >= 15 is 0 Å². The molecular formula is C13H16N6O2. The number of hydrogen-bond donors (Lipinski definition) is 4. The van der Waals surface area contributed by atoms with Crippen molar-refractivity contribution in [2.24, 2.45) is 0 Å². The number of aromatic amines is 1. The maximum Gasteiger partial charge on any atom is 0.269 e. The van der Waals surface area contributed by atoms with Gasteiger partial charge in [-0.3, -0.25) is 25.1 Å². The summed E-state index contributed by atoms with van der Waals surface area (Å²) in [6, 6.07) is 3.56. The van der Waals surface area contributed by atoms with Crippen LogP contribution in [0, 0.1) is 6.92 Å². The Kier molecular flexibility index (Phi) is 4.62. The molecule has 0 spiro atoms.